The summed E-state index contributed by atoms with van der Waals surface area (Å²) in [4.78, 5) is 19.7. The minimum absolute atomic E-state index is 0.185. The van der Waals surface area contributed by atoms with Gasteiger partial charge in [0.1, 0.15) is 0 Å². The number of nitrogens with one attached hydrogen (secondary N) is 1. The smallest absolute Gasteiger partial charge is 0.322 e. The average molecular weight is 497 g/mol. The summed E-state index contributed by atoms with van der Waals surface area (Å²) in [6.45, 7) is 4.36. The molecule has 0 fully saturated rings. The normalized spacial score (nSPS) is 15.5. The fourth-order valence-electron chi connectivity index (χ4n) is 4.45. The van der Waals surface area contributed by atoms with Gasteiger partial charge in [-0.15, -0.1) is 0 Å². The number of aryl methyl sites for hydroxylation is 1. The summed E-state index contributed by atoms with van der Waals surface area (Å²) in [7, 11) is 3.17. The molecule has 4 aromatic rings. The van der Waals surface area contributed by atoms with Gasteiger partial charge in [0.2, 0.25) is 5.82 Å². The molecule has 0 saturated heterocycles. The van der Waals surface area contributed by atoms with Crippen molar-refractivity contribution >= 4 is 11.6 Å². The summed E-state index contributed by atoms with van der Waals surface area (Å²) in [5, 5.41) is 7.40. The first-order valence-corrected chi connectivity index (χ1v) is 11.9. The van der Waals surface area contributed by atoms with Crippen molar-refractivity contribution in [1.82, 2.24) is 20.4 Å². The molecular formula is C29H28N4O4. The van der Waals surface area contributed by atoms with E-state index >= 15 is 0 Å². The van der Waals surface area contributed by atoms with Crippen LogP contribution in [0, 0.1) is 6.92 Å². The number of aromatic nitrogens is 2. The lowest BCUT2D eigenvalue weighted by Gasteiger charge is -2.35. The maximum absolute atomic E-state index is 13.3. The van der Waals surface area contributed by atoms with E-state index in [4.69, 9.17) is 19.0 Å². The molecule has 8 heteroatoms. The molecule has 0 spiro atoms. The van der Waals surface area contributed by atoms with Crippen LogP contribution < -0.4 is 14.8 Å². The molecule has 1 aliphatic heterocycles. The van der Waals surface area contributed by atoms with Crippen molar-refractivity contribution in [3.05, 3.63) is 101 Å². The first-order chi connectivity index (χ1) is 18.0. The van der Waals surface area contributed by atoms with E-state index in [1.807, 2.05) is 74.5 Å². The van der Waals surface area contributed by atoms with Gasteiger partial charge in [-0.2, -0.15) is 4.98 Å². The van der Waals surface area contributed by atoms with Gasteiger partial charge in [-0.25, -0.2) is 4.79 Å². The Labute approximate surface area is 215 Å². The Kier molecular flexibility index (Phi) is 6.64. The number of methoxy groups -OCH3 is 2. The standard InChI is InChI=1S/C29H28N4O4/c1-18-10-12-21(13-11-18)26-25(19(2)33(29(34)30-26)17-20-8-6-5-7-9-20)28-31-27(32-37-28)22-14-15-23(35-3)24(16-22)36-4/h5-16,26H,17H2,1-4H3,(H,30,34). The highest BCUT2D eigenvalue weighted by atomic mass is 16.5. The van der Waals surface area contributed by atoms with Gasteiger partial charge >= 0.3 is 6.03 Å². The summed E-state index contributed by atoms with van der Waals surface area (Å²) in [6, 6.07) is 22.7. The SMILES string of the molecule is COc1ccc(-c2noc(C3=C(C)N(Cc4ccccc4)C(=O)NC3c3ccc(C)cc3)n2)cc1OC. The third-order valence-corrected chi connectivity index (χ3v) is 6.49. The lowest BCUT2D eigenvalue weighted by molar-refractivity contribution is 0.203. The molecule has 0 aliphatic carbocycles. The van der Waals surface area contributed by atoms with Crippen LogP contribution in [-0.2, 0) is 6.54 Å². The largest absolute Gasteiger partial charge is 0.493 e. The summed E-state index contributed by atoms with van der Waals surface area (Å²) in [5.41, 5.74) is 5.30. The number of carbonyl (C=O) groups excluding carboxylic acids is 1. The fourth-order valence-corrected chi connectivity index (χ4v) is 4.45. The minimum atomic E-state index is -0.446. The molecule has 5 rings (SSSR count). The van der Waals surface area contributed by atoms with Gasteiger partial charge in [0, 0.05) is 11.3 Å². The maximum atomic E-state index is 13.3. The molecule has 1 aromatic heterocycles. The molecule has 3 aromatic carbocycles. The minimum Gasteiger partial charge on any atom is -0.493 e. The first-order valence-electron chi connectivity index (χ1n) is 11.9. The van der Waals surface area contributed by atoms with Crippen molar-refractivity contribution in [2.75, 3.05) is 14.2 Å². The third kappa shape index (κ3) is 4.78. The van der Waals surface area contributed by atoms with Crippen molar-refractivity contribution in [2.24, 2.45) is 0 Å². The number of nitrogens with zero attached hydrogens (tertiary/aromatic N) is 3. The lowest BCUT2D eigenvalue weighted by Crippen LogP contribution is -2.45. The summed E-state index contributed by atoms with van der Waals surface area (Å²) in [6.07, 6.45) is 0. The van der Waals surface area contributed by atoms with E-state index in [9.17, 15) is 4.79 Å². The molecule has 0 radical (unpaired) electrons. The maximum Gasteiger partial charge on any atom is 0.322 e. The van der Waals surface area contributed by atoms with Gasteiger partial charge in [0.05, 0.1) is 32.4 Å². The Bertz CT molecular complexity index is 1440. The van der Waals surface area contributed by atoms with Crippen LogP contribution >= 0.6 is 0 Å². The van der Waals surface area contributed by atoms with Crippen LogP contribution in [0.1, 0.15) is 35.5 Å². The first kappa shape index (κ1) is 24.1. The monoisotopic (exact) mass is 496 g/mol. The van der Waals surface area contributed by atoms with Crippen LogP contribution in [0.2, 0.25) is 0 Å². The van der Waals surface area contributed by atoms with Crippen molar-refractivity contribution in [1.29, 1.82) is 0 Å². The number of hydrogen-bond donors (Lipinski definition) is 1. The zero-order valence-electron chi connectivity index (χ0n) is 21.2. The molecule has 37 heavy (non-hydrogen) atoms. The van der Waals surface area contributed by atoms with Gasteiger partial charge in [0.15, 0.2) is 11.5 Å². The van der Waals surface area contributed by atoms with Crippen molar-refractivity contribution in [3.63, 3.8) is 0 Å². The lowest BCUT2D eigenvalue weighted by atomic mass is 9.94. The molecule has 1 aliphatic rings. The summed E-state index contributed by atoms with van der Waals surface area (Å²) < 4.78 is 16.6. The highest BCUT2D eigenvalue weighted by Crippen LogP contribution is 2.38. The van der Waals surface area contributed by atoms with E-state index in [1.54, 1.807) is 31.3 Å². The summed E-state index contributed by atoms with van der Waals surface area (Å²) in [5.74, 6) is 1.93. The van der Waals surface area contributed by atoms with E-state index in [1.165, 1.54) is 0 Å². The molecule has 2 heterocycles. The molecule has 1 unspecified atom stereocenters. The van der Waals surface area contributed by atoms with Crippen molar-refractivity contribution in [2.45, 2.75) is 26.4 Å². The average Bonchev–Trinajstić information content (AvgIpc) is 3.41. The summed E-state index contributed by atoms with van der Waals surface area (Å²) >= 11 is 0. The highest BCUT2D eigenvalue weighted by molar-refractivity contribution is 5.87. The number of amides is 2. The predicted octanol–water partition coefficient (Wildman–Crippen LogP) is 5.76. The van der Waals surface area contributed by atoms with E-state index in [-0.39, 0.29) is 6.03 Å². The number of benzene rings is 3. The second-order valence-electron chi connectivity index (χ2n) is 8.86. The van der Waals surface area contributed by atoms with Crippen LogP contribution in [0.15, 0.2) is 83.0 Å². The van der Waals surface area contributed by atoms with Crippen molar-refractivity contribution in [3.8, 4) is 22.9 Å². The Morgan fingerprint density at radius 3 is 2.38 bits per heavy atom. The van der Waals surface area contributed by atoms with Gasteiger partial charge in [-0.05, 0) is 43.2 Å². The van der Waals surface area contributed by atoms with Crippen LogP contribution in [0.4, 0.5) is 4.79 Å². The Hall–Kier alpha value is -4.59. The van der Waals surface area contributed by atoms with Crippen LogP contribution in [0.25, 0.3) is 17.0 Å². The Balaban J connectivity index is 1.58. The van der Waals surface area contributed by atoms with Gasteiger partial charge in [0.25, 0.3) is 5.89 Å². The Morgan fingerprint density at radius 1 is 0.946 bits per heavy atom. The number of carbonyl (C=O) groups is 1. The van der Waals surface area contributed by atoms with Crippen LogP contribution in [0.3, 0.4) is 0 Å². The molecular weight excluding hydrogens is 468 g/mol. The molecule has 8 nitrogen and oxygen atoms in total. The highest BCUT2D eigenvalue weighted by Gasteiger charge is 2.35. The number of rotatable bonds is 7. The molecule has 0 saturated carbocycles. The zero-order valence-corrected chi connectivity index (χ0v) is 21.2. The van der Waals surface area contributed by atoms with Gasteiger partial charge < -0.3 is 19.3 Å². The zero-order chi connectivity index (χ0) is 25.9. The van der Waals surface area contributed by atoms with E-state index in [0.717, 1.165) is 33.5 Å². The number of hydrogen-bond acceptors (Lipinski definition) is 6. The fraction of sp³-hybridized carbons (Fsp3) is 0.207. The molecule has 1 atom stereocenters. The second-order valence-corrected chi connectivity index (χ2v) is 8.86. The molecule has 188 valence electrons. The third-order valence-electron chi connectivity index (χ3n) is 6.49. The number of ether oxygens (including phenoxy) is 2. The topological polar surface area (TPSA) is 89.7 Å². The van der Waals surface area contributed by atoms with Crippen LogP contribution in [-0.4, -0.2) is 35.3 Å². The molecule has 2 amide bonds. The molecule has 0 bridgehead atoms. The van der Waals surface area contributed by atoms with E-state index < -0.39 is 6.04 Å². The molecule has 1 N–H and O–H groups in total. The van der Waals surface area contributed by atoms with E-state index in [0.29, 0.717) is 29.8 Å². The quantitative estimate of drug-likeness (QED) is 0.350. The van der Waals surface area contributed by atoms with E-state index in [2.05, 4.69) is 10.5 Å². The van der Waals surface area contributed by atoms with Crippen molar-refractivity contribution < 1.29 is 18.8 Å². The Morgan fingerprint density at radius 2 is 1.68 bits per heavy atom. The van der Waals surface area contributed by atoms with Gasteiger partial charge in [-0.3, -0.25) is 4.90 Å². The van der Waals surface area contributed by atoms with Gasteiger partial charge in [-0.1, -0.05) is 65.3 Å². The number of urea groups is 1. The predicted molar refractivity (Wildman–Crippen MR) is 140 cm³/mol. The second kappa shape index (κ2) is 10.2. The van der Waals surface area contributed by atoms with Crippen LogP contribution in [0.5, 0.6) is 11.5 Å². The number of allylic oxidation sites excluding steroid dienone is 1.